The van der Waals surface area contributed by atoms with E-state index in [1.165, 1.54) is 20.8 Å². The monoisotopic (exact) mass is 432 g/mol. The van der Waals surface area contributed by atoms with E-state index in [4.69, 9.17) is 28.4 Å². The average molecular weight is 432 g/mol. The molecule has 0 saturated carbocycles. The Morgan fingerprint density at radius 3 is 2.23 bits per heavy atom. The molecule has 9 nitrogen and oxygen atoms in total. The maximum Gasteiger partial charge on any atom is 0.303 e. The van der Waals surface area contributed by atoms with Crippen LogP contribution in [0.25, 0.3) is 0 Å². The van der Waals surface area contributed by atoms with Gasteiger partial charge in [-0.2, -0.15) is 0 Å². The van der Waals surface area contributed by atoms with Gasteiger partial charge in [0, 0.05) is 33.3 Å². The Labute approximate surface area is 179 Å². The van der Waals surface area contributed by atoms with Gasteiger partial charge in [-0.3, -0.25) is 14.4 Å². The number of hydrogen-bond donors (Lipinski definition) is 0. The first-order valence-electron chi connectivity index (χ1n) is 9.74. The van der Waals surface area contributed by atoms with Crippen molar-refractivity contribution in [2.45, 2.75) is 64.2 Å². The van der Waals surface area contributed by atoms with Crippen molar-refractivity contribution in [1.82, 2.24) is 0 Å². The Morgan fingerprint density at radius 1 is 0.968 bits per heavy atom. The zero-order valence-electron chi connectivity index (χ0n) is 17.7. The van der Waals surface area contributed by atoms with Crippen LogP contribution in [0.15, 0.2) is 30.3 Å². The van der Waals surface area contributed by atoms with E-state index in [-0.39, 0.29) is 6.61 Å². The molecule has 2 aliphatic heterocycles. The van der Waals surface area contributed by atoms with Crippen LogP contribution in [0, 0.1) is 11.8 Å². The number of carbonyl (C=O) groups excluding carboxylic acids is 3. The van der Waals surface area contributed by atoms with E-state index in [2.05, 4.69) is 11.8 Å². The van der Waals surface area contributed by atoms with Crippen LogP contribution in [0.3, 0.4) is 0 Å². The highest BCUT2D eigenvalue weighted by molar-refractivity contribution is 5.68. The zero-order chi connectivity index (χ0) is 22.6. The molecule has 0 radical (unpaired) electrons. The number of fused-ring (bicyclic) bond motifs is 1. The molecule has 1 unspecified atom stereocenters. The van der Waals surface area contributed by atoms with Crippen molar-refractivity contribution in [3.8, 4) is 11.8 Å². The molecule has 0 amide bonds. The van der Waals surface area contributed by atoms with Gasteiger partial charge in [-0.15, -0.1) is 0 Å². The van der Waals surface area contributed by atoms with Crippen molar-refractivity contribution < 1.29 is 42.8 Å². The molecule has 0 N–H and O–H groups in total. The summed E-state index contributed by atoms with van der Waals surface area (Å²) in [5.74, 6) is 2.74. The van der Waals surface area contributed by atoms with Gasteiger partial charge in [-0.1, -0.05) is 24.1 Å². The molecule has 9 heteroatoms. The van der Waals surface area contributed by atoms with Crippen LogP contribution in [0.1, 0.15) is 33.3 Å². The Kier molecular flexibility index (Phi) is 6.95. The van der Waals surface area contributed by atoms with Gasteiger partial charge in [0.2, 0.25) is 5.79 Å². The molecule has 6 atom stereocenters. The van der Waals surface area contributed by atoms with E-state index in [9.17, 15) is 14.4 Å². The van der Waals surface area contributed by atoms with Crippen LogP contribution in [0.2, 0.25) is 0 Å². The van der Waals surface area contributed by atoms with Gasteiger partial charge < -0.3 is 28.4 Å². The first kappa shape index (κ1) is 22.7. The van der Waals surface area contributed by atoms with Crippen LogP contribution < -0.4 is 0 Å². The van der Waals surface area contributed by atoms with Crippen molar-refractivity contribution in [1.29, 1.82) is 0 Å². The number of carbonyl (C=O) groups is 3. The molecule has 1 aromatic carbocycles. The molecule has 0 aromatic heterocycles. The third-order valence-electron chi connectivity index (χ3n) is 4.56. The highest BCUT2D eigenvalue weighted by Gasteiger charge is 2.58. The predicted octanol–water partition coefficient (Wildman–Crippen LogP) is 1.32. The second-order valence-corrected chi connectivity index (χ2v) is 7.26. The van der Waals surface area contributed by atoms with Gasteiger partial charge in [0.05, 0.1) is 0 Å². The van der Waals surface area contributed by atoms with Gasteiger partial charge in [-0.05, 0) is 18.1 Å². The van der Waals surface area contributed by atoms with Gasteiger partial charge in [-0.25, -0.2) is 0 Å². The van der Waals surface area contributed by atoms with E-state index in [0.29, 0.717) is 0 Å². The molecule has 1 aromatic rings. The summed E-state index contributed by atoms with van der Waals surface area (Å²) in [6, 6.07) is 9.25. The van der Waals surface area contributed by atoms with Crippen molar-refractivity contribution in [3.05, 3.63) is 35.9 Å². The molecule has 0 bridgehead atoms. The normalized spacial score (nSPS) is 31.5. The molecule has 0 spiro atoms. The molecule has 2 saturated heterocycles. The molecule has 3 rings (SSSR count). The second-order valence-electron chi connectivity index (χ2n) is 7.26. The van der Waals surface area contributed by atoms with Gasteiger partial charge in [0.15, 0.2) is 24.6 Å². The van der Waals surface area contributed by atoms with Crippen molar-refractivity contribution >= 4 is 17.9 Å². The van der Waals surface area contributed by atoms with Crippen molar-refractivity contribution in [3.63, 3.8) is 0 Å². The van der Waals surface area contributed by atoms with Crippen LogP contribution in [-0.2, 0) is 42.8 Å². The Bertz CT molecular complexity index is 887. The summed E-state index contributed by atoms with van der Waals surface area (Å²) in [6.07, 6.45) is -4.98. The molecule has 0 aliphatic carbocycles. The molecule has 2 heterocycles. The lowest BCUT2D eigenvalue weighted by molar-refractivity contribution is -0.265. The Balaban J connectivity index is 1.88. The number of hydrogen-bond acceptors (Lipinski definition) is 9. The molecule has 2 fully saturated rings. The number of ether oxygens (including phenoxy) is 6. The summed E-state index contributed by atoms with van der Waals surface area (Å²) in [5, 5.41) is 0. The molecule has 166 valence electrons. The Morgan fingerprint density at radius 2 is 1.61 bits per heavy atom. The highest BCUT2D eigenvalue weighted by Crippen LogP contribution is 2.38. The standard InChI is InChI=1S/C22H24O9/c1-13(23)26-12-17-18(27-14(2)24)19(28-15(3)25)20-21(29-17)31-22(4,30-20)11-10-16-8-6-5-7-9-16/h5-9,17-21H,12H2,1-4H3/t17-,18+,19+,20-,21-,22?/m1/s1. The number of rotatable bonds is 4. The van der Waals surface area contributed by atoms with Crippen molar-refractivity contribution in [2.24, 2.45) is 0 Å². The predicted molar refractivity (Wildman–Crippen MR) is 104 cm³/mol. The fourth-order valence-electron chi connectivity index (χ4n) is 3.37. The zero-order valence-corrected chi connectivity index (χ0v) is 17.7. The number of esters is 3. The lowest BCUT2D eigenvalue weighted by atomic mass is 9.98. The minimum Gasteiger partial charge on any atom is -0.463 e. The lowest BCUT2D eigenvalue weighted by Gasteiger charge is -2.40. The fraction of sp³-hybridized carbons (Fsp3) is 0.500. The van der Waals surface area contributed by atoms with Crippen LogP contribution in [0.5, 0.6) is 0 Å². The molecule has 31 heavy (non-hydrogen) atoms. The first-order valence-corrected chi connectivity index (χ1v) is 9.74. The van der Waals surface area contributed by atoms with Crippen LogP contribution in [-0.4, -0.2) is 61.0 Å². The first-order chi connectivity index (χ1) is 14.7. The summed E-state index contributed by atoms with van der Waals surface area (Å²) in [6.45, 7) is 5.05. The average Bonchev–Trinajstić information content (AvgIpc) is 3.03. The third kappa shape index (κ3) is 5.82. The van der Waals surface area contributed by atoms with Crippen LogP contribution in [0.4, 0.5) is 0 Å². The minimum atomic E-state index is -1.37. The van der Waals surface area contributed by atoms with E-state index >= 15 is 0 Å². The fourth-order valence-corrected chi connectivity index (χ4v) is 3.37. The van der Waals surface area contributed by atoms with E-state index in [0.717, 1.165) is 5.56 Å². The van der Waals surface area contributed by atoms with Crippen molar-refractivity contribution in [2.75, 3.05) is 6.61 Å². The summed E-state index contributed by atoms with van der Waals surface area (Å²) >= 11 is 0. The minimum absolute atomic E-state index is 0.232. The largest absolute Gasteiger partial charge is 0.463 e. The molecular weight excluding hydrogens is 408 g/mol. The Hall–Kier alpha value is -2.93. The third-order valence-corrected chi connectivity index (χ3v) is 4.56. The maximum atomic E-state index is 11.8. The summed E-state index contributed by atoms with van der Waals surface area (Å²) in [7, 11) is 0. The quantitative estimate of drug-likeness (QED) is 0.396. The lowest BCUT2D eigenvalue weighted by Crippen LogP contribution is -2.60. The summed E-state index contributed by atoms with van der Waals surface area (Å²) < 4.78 is 33.5. The van der Waals surface area contributed by atoms with E-state index in [1.54, 1.807) is 6.92 Å². The van der Waals surface area contributed by atoms with E-state index in [1.807, 2.05) is 30.3 Å². The highest BCUT2D eigenvalue weighted by atomic mass is 16.8. The molecular formula is C22H24O9. The topological polar surface area (TPSA) is 107 Å². The van der Waals surface area contributed by atoms with Gasteiger partial charge in [0.1, 0.15) is 12.7 Å². The SMILES string of the molecule is CC(=O)OC[C@H]1O[C@@H]2OC(C)(C#Cc3ccccc3)O[C@@H]2[C@@H](OC(C)=O)[C@H]1OC(C)=O. The van der Waals surface area contributed by atoms with E-state index < -0.39 is 54.4 Å². The summed E-state index contributed by atoms with van der Waals surface area (Å²) in [4.78, 5) is 34.7. The maximum absolute atomic E-state index is 11.8. The summed E-state index contributed by atoms with van der Waals surface area (Å²) in [5.41, 5.74) is 0.758. The smallest absolute Gasteiger partial charge is 0.303 e. The van der Waals surface area contributed by atoms with Gasteiger partial charge in [0.25, 0.3) is 0 Å². The van der Waals surface area contributed by atoms with Crippen LogP contribution >= 0.6 is 0 Å². The molecule has 2 aliphatic rings. The second kappa shape index (κ2) is 9.47. The van der Waals surface area contributed by atoms with Gasteiger partial charge >= 0.3 is 17.9 Å². The number of benzene rings is 1.